The third-order valence-electron chi connectivity index (χ3n) is 6.18. The Hall–Kier alpha value is -1.54. The average molecular weight is 278 g/mol. The number of hydrogen-bond acceptors (Lipinski definition) is 1. The molecule has 2 nitrogen and oxygen atoms in total. The van der Waals surface area contributed by atoms with Crippen LogP contribution in [-0.2, 0) is 6.42 Å². The number of benzene rings is 1. The van der Waals surface area contributed by atoms with Crippen LogP contribution in [0.4, 0.5) is 0 Å². The van der Waals surface area contributed by atoms with Crippen LogP contribution in [0.1, 0.15) is 43.5 Å². The van der Waals surface area contributed by atoms with Gasteiger partial charge in [-0.25, -0.2) is 0 Å². The smallest absolute Gasteiger partial charge is 0.0599 e. The summed E-state index contributed by atoms with van der Waals surface area (Å²) < 4.78 is 2.49. The van der Waals surface area contributed by atoms with Gasteiger partial charge in [0.05, 0.1) is 11.6 Å². The van der Waals surface area contributed by atoms with E-state index in [2.05, 4.69) is 52.9 Å². The second kappa shape index (κ2) is 4.01. The standard InChI is InChI=1S/C19H22N2/c1-2-19-9-5-11-20-12-8-15-14-6-3-4-7-16(14)21(13-10-19)17(15)18(19)20/h3-4,6-7,10,13,18H,2,5,8-9,11-12H2,1H3/t18-,19+/m0/s1. The number of rotatable bonds is 1. The number of piperidine rings is 1. The van der Waals surface area contributed by atoms with Crippen LogP contribution in [0.2, 0.25) is 0 Å². The molecule has 108 valence electrons. The summed E-state index contributed by atoms with van der Waals surface area (Å²) in [6.45, 7) is 4.89. The zero-order chi connectivity index (χ0) is 14.0. The van der Waals surface area contributed by atoms with Gasteiger partial charge in [0.15, 0.2) is 0 Å². The molecule has 0 N–H and O–H groups in total. The van der Waals surface area contributed by atoms with Gasteiger partial charge in [-0.05, 0) is 43.9 Å². The highest BCUT2D eigenvalue weighted by atomic mass is 15.2. The third kappa shape index (κ3) is 1.37. The van der Waals surface area contributed by atoms with Gasteiger partial charge in [-0.2, -0.15) is 0 Å². The van der Waals surface area contributed by atoms with E-state index in [4.69, 9.17) is 0 Å². The summed E-state index contributed by atoms with van der Waals surface area (Å²) in [7, 11) is 0. The predicted octanol–water partition coefficient (Wildman–Crippen LogP) is 4.22. The minimum Gasteiger partial charge on any atom is -0.319 e. The Morgan fingerprint density at radius 2 is 2.14 bits per heavy atom. The first-order chi connectivity index (χ1) is 10.3. The number of para-hydroxylation sites is 1. The van der Waals surface area contributed by atoms with Crippen LogP contribution in [0.25, 0.3) is 17.1 Å². The Morgan fingerprint density at radius 3 is 3.05 bits per heavy atom. The topological polar surface area (TPSA) is 8.17 Å². The molecule has 0 unspecified atom stereocenters. The van der Waals surface area contributed by atoms with Crippen LogP contribution in [0.5, 0.6) is 0 Å². The van der Waals surface area contributed by atoms with Gasteiger partial charge in [0.1, 0.15) is 0 Å². The molecule has 1 fully saturated rings. The molecule has 2 heteroatoms. The van der Waals surface area contributed by atoms with Crippen molar-refractivity contribution in [1.82, 2.24) is 9.47 Å². The lowest BCUT2D eigenvalue weighted by Crippen LogP contribution is -2.50. The highest BCUT2D eigenvalue weighted by Gasteiger charge is 2.48. The Labute approximate surface area is 126 Å². The van der Waals surface area contributed by atoms with Gasteiger partial charge in [0.25, 0.3) is 0 Å². The van der Waals surface area contributed by atoms with Gasteiger partial charge < -0.3 is 4.57 Å². The van der Waals surface area contributed by atoms with Crippen molar-refractivity contribution in [3.05, 3.63) is 41.6 Å². The van der Waals surface area contributed by atoms with Crippen LogP contribution in [0.15, 0.2) is 30.3 Å². The molecule has 5 rings (SSSR count). The minimum absolute atomic E-state index is 0.373. The first kappa shape index (κ1) is 12.0. The van der Waals surface area contributed by atoms with E-state index in [0.29, 0.717) is 11.5 Å². The van der Waals surface area contributed by atoms with E-state index in [0.717, 1.165) is 0 Å². The van der Waals surface area contributed by atoms with Crippen LogP contribution >= 0.6 is 0 Å². The van der Waals surface area contributed by atoms with E-state index < -0.39 is 0 Å². The van der Waals surface area contributed by atoms with E-state index in [1.54, 1.807) is 11.3 Å². The number of aromatic nitrogens is 1. The summed E-state index contributed by atoms with van der Waals surface area (Å²) in [4.78, 5) is 2.76. The van der Waals surface area contributed by atoms with Crippen LogP contribution in [-0.4, -0.2) is 22.6 Å². The highest BCUT2D eigenvalue weighted by molar-refractivity contribution is 5.88. The van der Waals surface area contributed by atoms with Crippen molar-refractivity contribution >= 4 is 17.1 Å². The van der Waals surface area contributed by atoms with Gasteiger partial charge >= 0.3 is 0 Å². The van der Waals surface area contributed by atoms with Crippen molar-refractivity contribution < 1.29 is 0 Å². The lowest BCUT2D eigenvalue weighted by atomic mass is 9.67. The fourth-order valence-corrected chi connectivity index (χ4v) is 5.14. The van der Waals surface area contributed by atoms with Gasteiger partial charge in [0.2, 0.25) is 0 Å². The molecule has 0 radical (unpaired) electrons. The summed E-state index contributed by atoms with van der Waals surface area (Å²) in [6.07, 6.45) is 10.1. The molecular formula is C19H22N2. The second-order valence-electron chi connectivity index (χ2n) is 6.95. The van der Waals surface area contributed by atoms with Crippen molar-refractivity contribution in [1.29, 1.82) is 0 Å². The normalized spacial score (nSPS) is 30.6. The molecule has 3 aliphatic rings. The zero-order valence-corrected chi connectivity index (χ0v) is 12.7. The molecular weight excluding hydrogens is 256 g/mol. The van der Waals surface area contributed by atoms with Crippen molar-refractivity contribution in [2.24, 2.45) is 5.41 Å². The Bertz CT molecular complexity index is 754. The minimum atomic E-state index is 0.373. The summed E-state index contributed by atoms with van der Waals surface area (Å²) in [5.74, 6) is 0. The SMILES string of the molecule is CC[C@]12C=Cn3c4c(c5ccccc53)CCN(CCC1)[C@@H]42. The molecule has 1 aromatic heterocycles. The molecule has 1 saturated heterocycles. The Kier molecular flexibility index (Phi) is 2.30. The largest absolute Gasteiger partial charge is 0.319 e. The average Bonchev–Trinajstić information content (AvgIpc) is 2.88. The molecule has 1 aromatic carbocycles. The first-order valence-corrected chi connectivity index (χ1v) is 8.39. The predicted molar refractivity (Wildman–Crippen MR) is 87.2 cm³/mol. The maximum atomic E-state index is 2.76. The maximum Gasteiger partial charge on any atom is 0.0599 e. The summed E-state index contributed by atoms with van der Waals surface area (Å²) in [6, 6.07) is 9.57. The lowest BCUT2D eigenvalue weighted by Gasteiger charge is -2.52. The van der Waals surface area contributed by atoms with E-state index in [1.807, 2.05) is 0 Å². The van der Waals surface area contributed by atoms with Gasteiger partial charge in [0, 0.05) is 29.2 Å². The van der Waals surface area contributed by atoms with E-state index in [-0.39, 0.29) is 0 Å². The van der Waals surface area contributed by atoms with Crippen LogP contribution in [0, 0.1) is 5.41 Å². The lowest BCUT2D eigenvalue weighted by molar-refractivity contribution is 0.0278. The van der Waals surface area contributed by atoms with E-state index >= 15 is 0 Å². The summed E-state index contributed by atoms with van der Waals surface area (Å²) in [5, 5.41) is 1.48. The molecule has 0 bridgehead atoms. The molecule has 21 heavy (non-hydrogen) atoms. The quantitative estimate of drug-likeness (QED) is 0.758. The zero-order valence-electron chi connectivity index (χ0n) is 12.7. The molecule has 3 aliphatic heterocycles. The van der Waals surface area contributed by atoms with Crippen LogP contribution in [0.3, 0.4) is 0 Å². The monoisotopic (exact) mass is 278 g/mol. The van der Waals surface area contributed by atoms with Gasteiger partial charge in [-0.3, -0.25) is 4.90 Å². The summed E-state index contributed by atoms with van der Waals surface area (Å²) in [5.41, 5.74) is 5.00. The molecule has 4 heterocycles. The maximum absolute atomic E-state index is 2.76. The number of nitrogens with zero attached hydrogens (tertiary/aromatic N) is 2. The number of fused-ring (bicyclic) bond motifs is 3. The van der Waals surface area contributed by atoms with Crippen molar-refractivity contribution in [2.45, 2.75) is 38.6 Å². The van der Waals surface area contributed by atoms with Crippen molar-refractivity contribution in [3.8, 4) is 0 Å². The molecule has 2 atom stereocenters. The molecule has 2 aromatic rings. The number of hydrogen-bond donors (Lipinski definition) is 0. The Morgan fingerprint density at radius 1 is 1.24 bits per heavy atom. The van der Waals surface area contributed by atoms with Crippen LogP contribution < -0.4 is 0 Å². The Balaban J connectivity index is 1.86. The molecule has 0 spiro atoms. The summed E-state index contributed by atoms with van der Waals surface area (Å²) >= 11 is 0. The highest BCUT2D eigenvalue weighted by Crippen LogP contribution is 2.55. The van der Waals surface area contributed by atoms with Crippen molar-refractivity contribution in [2.75, 3.05) is 13.1 Å². The second-order valence-corrected chi connectivity index (χ2v) is 6.95. The van der Waals surface area contributed by atoms with Gasteiger partial charge in [-0.15, -0.1) is 0 Å². The molecule has 0 aliphatic carbocycles. The fourth-order valence-electron chi connectivity index (χ4n) is 5.14. The van der Waals surface area contributed by atoms with Gasteiger partial charge in [-0.1, -0.05) is 31.2 Å². The molecule has 0 amide bonds. The first-order valence-electron chi connectivity index (χ1n) is 8.39. The van der Waals surface area contributed by atoms with E-state index in [9.17, 15) is 0 Å². The third-order valence-corrected chi connectivity index (χ3v) is 6.18. The molecule has 0 saturated carbocycles. The van der Waals surface area contributed by atoms with E-state index in [1.165, 1.54) is 49.7 Å². The van der Waals surface area contributed by atoms with Crippen molar-refractivity contribution in [3.63, 3.8) is 0 Å². The fraction of sp³-hybridized carbons (Fsp3) is 0.474.